The summed E-state index contributed by atoms with van der Waals surface area (Å²) in [4.78, 5) is 4.92. The fourth-order valence-corrected chi connectivity index (χ4v) is 9.15. The number of allylic oxidation sites excluding steroid dienone is 15. The van der Waals surface area contributed by atoms with Crippen LogP contribution in [-0.4, -0.2) is 0 Å². The van der Waals surface area contributed by atoms with Gasteiger partial charge in [0.15, 0.2) is 0 Å². The van der Waals surface area contributed by atoms with Gasteiger partial charge in [0.05, 0.1) is 0 Å². The molecule has 0 spiro atoms. The number of benzene rings is 4. The van der Waals surface area contributed by atoms with Crippen molar-refractivity contribution in [3.8, 4) is 11.1 Å². The highest BCUT2D eigenvalue weighted by atomic mass is 15.2. The van der Waals surface area contributed by atoms with E-state index in [-0.39, 0.29) is 5.41 Å². The second kappa shape index (κ2) is 16.8. The minimum Gasteiger partial charge on any atom is -0.311 e. The molecule has 4 aliphatic carbocycles. The Morgan fingerprint density at radius 3 is 2.36 bits per heavy atom. The van der Waals surface area contributed by atoms with Crippen molar-refractivity contribution in [3.05, 3.63) is 221 Å². The maximum atomic E-state index is 4.31. The lowest BCUT2D eigenvalue weighted by atomic mass is 9.82. The maximum absolute atomic E-state index is 4.31. The van der Waals surface area contributed by atoms with Gasteiger partial charge >= 0.3 is 0 Å². The molecule has 4 aliphatic rings. The number of anilines is 4. The topological polar surface area (TPSA) is 6.48 Å². The van der Waals surface area contributed by atoms with Crippen LogP contribution in [0.15, 0.2) is 199 Å². The van der Waals surface area contributed by atoms with E-state index in [1.807, 2.05) is 12.2 Å². The van der Waals surface area contributed by atoms with Crippen LogP contribution in [0.1, 0.15) is 82.1 Å². The van der Waals surface area contributed by atoms with Crippen LogP contribution < -0.4 is 9.80 Å². The van der Waals surface area contributed by atoms with Gasteiger partial charge in [0.2, 0.25) is 0 Å². The third kappa shape index (κ3) is 7.64. The largest absolute Gasteiger partial charge is 0.311 e. The minimum absolute atomic E-state index is 0.206. The smallest absolute Gasteiger partial charge is 0.0499 e. The van der Waals surface area contributed by atoms with Gasteiger partial charge in [0.25, 0.3) is 0 Å². The van der Waals surface area contributed by atoms with E-state index in [0.29, 0.717) is 5.92 Å². The molecule has 0 heterocycles. The number of fused-ring (bicyclic) bond motifs is 4. The number of nitrogens with zero attached hydrogens (tertiary/aromatic N) is 2. The summed E-state index contributed by atoms with van der Waals surface area (Å²) in [6.45, 7) is 17.4. The molecule has 1 unspecified atom stereocenters. The summed E-state index contributed by atoms with van der Waals surface area (Å²) in [6, 6.07) is 31.9. The molecule has 0 amide bonds. The Labute approximate surface area is 347 Å². The average molecular weight is 757 g/mol. The molecule has 2 nitrogen and oxygen atoms in total. The van der Waals surface area contributed by atoms with E-state index >= 15 is 0 Å². The summed E-state index contributed by atoms with van der Waals surface area (Å²) in [7, 11) is 0. The van der Waals surface area contributed by atoms with Crippen LogP contribution >= 0.6 is 0 Å². The highest BCUT2D eigenvalue weighted by molar-refractivity contribution is 5.88. The van der Waals surface area contributed by atoms with Gasteiger partial charge in [0, 0.05) is 39.6 Å². The van der Waals surface area contributed by atoms with E-state index < -0.39 is 0 Å². The van der Waals surface area contributed by atoms with Crippen molar-refractivity contribution in [1.29, 1.82) is 0 Å². The number of hydrogen-bond donors (Lipinski definition) is 0. The van der Waals surface area contributed by atoms with Gasteiger partial charge in [-0.05, 0) is 156 Å². The molecule has 2 heteroatoms. The molecule has 58 heavy (non-hydrogen) atoms. The van der Waals surface area contributed by atoms with Crippen molar-refractivity contribution in [3.63, 3.8) is 0 Å². The van der Waals surface area contributed by atoms with Crippen molar-refractivity contribution in [2.24, 2.45) is 5.92 Å². The number of rotatable bonds is 12. The zero-order chi connectivity index (χ0) is 40.2. The second-order valence-corrected chi connectivity index (χ2v) is 16.5. The monoisotopic (exact) mass is 756 g/mol. The van der Waals surface area contributed by atoms with Crippen molar-refractivity contribution in [2.75, 3.05) is 9.80 Å². The third-order valence-electron chi connectivity index (χ3n) is 12.2. The van der Waals surface area contributed by atoms with E-state index in [0.717, 1.165) is 44.1 Å². The van der Waals surface area contributed by atoms with Gasteiger partial charge in [-0.3, -0.25) is 0 Å². The van der Waals surface area contributed by atoms with E-state index in [1.54, 1.807) is 0 Å². The lowest BCUT2D eigenvalue weighted by molar-refractivity contribution is 0.660. The highest BCUT2D eigenvalue weighted by Gasteiger charge is 2.37. The Kier molecular flexibility index (Phi) is 11.2. The first-order chi connectivity index (χ1) is 28.3. The van der Waals surface area contributed by atoms with Gasteiger partial charge in [0.1, 0.15) is 0 Å². The molecule has 4 aromatic carbocycles. The third-order valence-corrected chi connectivity index (χ3v) is 12.2. The van der Waals surface area contributed by atoms with Crippen LogP contribution in [0.2, 0.25) is 0 Å². The van der Waals surface area contributed by atoms with E-state index in [4.69, 9.17) is 0 Å². The normalized spacial score (nSPS) is 18.0. The zero-order valence-electron chi connectivity index (χ0n) is 34.7. The van der Waals surface area contributed by atoms with Gasteiger partial charge in [-0.1, -0.05) is 143 Å². The minimum atomic E-state index is -0.206. The van der Waals surface area contributed by atoms with Gasteiger partial charge < -0.3 is 9.80 Å². The van der Waals surface area contributed by atoms with Crippen molar-refractivity contribution < 1.29 is 0 Å². The molecule has 290 valence electrons. The van der Waals surface area contributed by atoms with Crippen LogP contribution in [-0.2, 0) is 11.8 Å². The SMILES string of the molecule is C=C/C=C\C(=C)C1=CC(C/C=C\C(=C/C)N(C2=CC(C)CC=C2)c2ccc3c(c2)C(C)(C)c2cc(N(c4ccccc4)c4cccc5c4CCC=C5)ccc2-3)=CCC1. The lowest BCUT2D eigenvalue weighted by Crippen LogP contribution is -2.23. The van der Waals surface area contributed by atoms with Crippen LogP contribution in [0.4, 0.5) is 22.7 Å². The first-order valence-corrected chi connectivity index (χ1v) is 21.1. The molecular weight excluding hydrogens is 701 g/mol. The molecule has 4 aromatic rings. The Bertz CT molecular complexity index is 2490. The second-order valence-electron chi connectivity index (χ2n) is 16.5. The summed E-state index contributed by atoms with van der Waals surface area (Å²) in [5, 5.41) is 0. The standard InChI is InChI=1S/C56H56N2/c1-7-9-20-41(4)44-25-16-21-42(37-44)22-17-28-45(8-2)57(47-29-15-19-40(3)36-47)48-32-34-51-52-35-33-49(39-54(52)56(5,6)53(51)38-48)58(46-26-11-10-12-27-46)55-31-18-24-43-23-13-14-30-50(43)55/h7-13,15,17-18,20-21,23-24,26-29,31-40H,1,4,14,16,19,22,25,30H2,2-3,5-6H3/b20-9-,28-17-,45-8+. The van der Waals surface area contributed by atoms with Crippen molar-refractivity contribution in [2.45, 2.75) is 71.6 Å². The maximum Gasteiger partial charge on any atom is 0.0499 e. The summed E-state index contributed by atoms with van der Waals surface area (Å²) >= 11 is 0. The van der Waals surface area contributed by atoms with Crippen molar-refractivity contribution >= 4 is 28.8 Å². The number of para-hydroxylation sites is 1. The molecule has 0 saturated heterocycles. The molecule has 0 aliphatic heterocycles. The molecule has 0 aromatic heterocycles. The predicted molar refractivity (Wildman–Crippen MR) is 251 cm³/mol. The van der Waals surface area contributed by atoms with Crippen LogP contribution in [0, 0.1) is 5.92 Å². The molecule has 0 fully saturated rings. The Hall–Kier alpha value is -6.12. The highest BCUT2D eigenvalue weighted by Crippen LogP contribution is 2.52. The van der Waals surface area contributed by atoms with Crippen LogP contribution in [0.25, 0.3) is 17.2 Å². The van der Waals surface area contributed by atoms with Crippen LogP contribution in [0.5, 0.6) is 0 Å². The Morgan fingerprint density at radius 2 is 1.60 bits per heavy atom. The number of hydrogen-bond acceptors (Lipinski definition) is 2. The summed E-state index contributed by atoms with van der Waals surface area (Å²) in [5.74, 6) is 0.469. The lowest BCUT2D eigenvalue weighted by Gasteiger charge is -2.31. The summed E-state index contributed by atoms with van der Waals surface area (Å²) in [6.07, 6.45) is 35.1. The summed E-state index contributed by atoms with van der Waals surface area (Å²) < 4.78 is 0. The van der Waals surface area contributed by atoms with Gasteiger partial charge in [-0.2, -0.15) is 0 Å². The summed E-state index contributed by atoms with van der Waals surface area (Å²) in [5.41, 5.74) is 18.8. The Morgan fingerprint density at radius 1 is 0.828 bits per heavy atom. The Balaban J connectivity index is 1.14. The molecule has 0 bridgehead atoms. The first kappa shape index (κ1) is 38.7. The molecule has 0 radical (unpaired) electrons. The predicted octanol–water partition coefficient (Wildman–Crippen LogP) is 15.5. The zero-order valence-corrected chi connectivity index (χ0v) is 34.7. The van der Waals surface area contributed by atoms with Gasteiger partial charge in [-0.15, -0.1) is 0 Å². The molecule has 8 rings (SSSR count). The molecule has 1 atom stereocenters. The van der Waals surface area contributed by atoms with Crippen LogP contribution in [0.3, 0.4) is 0 Å². The molecule has 0 N–H and O–H groups in total. The van der Waals surface area contributed by atoms with Gasteiger partial charge in [-0.25, -0.2) is 0 Å². The fraction of sp³-hybridized carbons (Fsp3) is 0.214. The average Bonchev–Trinajstić information content (AvgIpc) is 3.47. The van der Waals surface area contributed by atoms with E-state index in [1.165, 1.54) is 78.7 Å². The first-order valence-electron chi connectivity index (χ1n) is 21.1. The van der Waals surface area contributed by atoms with E-state index in [2.05, 4.69) is 202 Å². The quantitative estimate of drug-likeness (QED) is 0.133. The molecule has 0 saturated carbocycles. The van der Waals surface area contributed by atoms with Crippen molar-refractivity contribution in [1.82, 2.24) is 0 Å². The molecular formula is C56H56N2. The van der Waals surface area contributed by atoms with E-state index in [9.17, 15) is 0 Å². The fourth-order valence-electron chi connectivity index (χ4n) is 9.15.